The van der Waals surface area contributed by atoms with Gasteiger partial charge < -0.3 is 16.1 Å². The maximum absolute atomic E-state index is 8.36. The standard InChI is InChI=1S/2HNO3.2Sr.4H/c2*2-1(3)4;;;;;;/h2*(H,2,3,4);;;;;;/q;;2*+2;4*-1. The van der Waals surface area contributed by atoms with E-state index in [0.29, 0.717) is 0 Å². The fourth-order valence-electron chi connectivity index (χ4n) is 0. The molecular weight excluding hydrogens is 299 g/mol. The van der Waals surface area contributed by atoms with E-state index in [1.54, 1.807) is 0 Å². The van der Waals surface area contributed by atoms with Gasteiger partial charge in [0.2, 0.25) is 0 Å². The van der Waals surface area contributed by atoms with Crippen molar-refractivity contribution >= 4 is 91.0 Å². The van der Waals surface area contributed by atoms with Crippen LogP contribution in [0, 0.1) is 20.2 Å². The quantitative estimate of drug-likeness (QED) is 0.335. The largest absolute Gasteiger partial charge is 2.00 e. The maximum atomic E-state index is 8.36. The Hall–Kier alpha value is 1.36. The summed E-state index contributed by atoms with van der Waals surface area (Å²) in [4.78, 5) is 16.7. The molecule has 0 aromatic rings. The van der Waals surface area contributed by atoms with Crippen LogP contribution >= 0.6 is 0 Å². The van der Waals surface area contributed by atoms with Crippen LogP contribution in [0.3, 0.4) is 0 Å². The monoisotopic (exact) mass is 306 g/mol. The van der Waals surface area contributed by atoms with Crippen molar-refractivity contribution in [2.24, 2.45) is 0 Å². The smallest absolute Gasteiger partial charge is 1.00 e. The Kier molecular flexibility index (Phi) is 37.7. The summed E-state index contributed by atoms with van der Waals surface area (Å²) in [6, 6.07) is 0. The van der Waals surface area contributed by atoms with Gasteiger partial charge in [-0.15, -0.1) is 20.2 Å². The third-order valence-corrected chi connectivity index (χ3v) is 0. The summed E-state index contributed by atoms with van der Waals surface area (Å²) in [7, 11) is 0. The van der Waals surface area contributed by atoms with E-state index in [1.165, 1.54) is 0 Å². The third kappa shape index (κ3) is 353. The van der Waals surface area contributed by atoms with Crippen LogP contribution in [0.15, 0.2) is 0 Å². The molecule has 0 aliphatic heterocycles. The molecule has 0 aromatic heterocycles. The first-order chi connectivity index (χ1) is 3.46. The summed E-state index contributed by atoms with van der Waals surface area (Å²) < 4.78 is 0. The molecule has 0 aromatic carbocycles. The summed E-state index contributed by atoms with van der Waals surface area (Å²) in [5.41, 5.74) is 0. The Balaban J connectivity index is -0.00000000600. The van der Waals surface area contributed by atoms with Crippen molar-refractivity contribution in [1.82, 2.24) is 0 Å². The fourth-order valence-corrected chi connectivity index (χ4v) is 0. The van der Waals surface area contributed by atoms with Crippen LogP contribution in [-0.2, 0) is 0 Å². The zero-order chi connectivity index (χ0) is 7.15. The second kappa shape index (κ2) is 16.8. The Morgan fingerprint density at radius 1 is 1.00 bits per heavy atom. The van der Waals surface area contributed by atoms with Crippen molar-refractivity contribution in [3.63, 3.8) is 0 Å². The first kappa shape index (κ1) is 22.5. The van der Waals surface area contributed by atoms with Crippen LogP contribution in [0.1, 0.15) is 5.71 Å². The first-order valence-corrected chi connectivity index (χ1v) is 1.13. The predicted octanol–water partition coefficient (Wildman–Crippen LogP) is -1.01. The molecule has 0 spiro atoms. The minimum absolute atomic E-state index is 0. The van der Waals surface area contributed by atoms with E-state index < -0.39 is 10.2 Å². The molecule has 0 bridgehead atoms. The SMILES string of the molecule is O=[N+]([O-])O.O=[N+]([O-])O.[H-].[H-].[H-].[H-].[Sr+2].[Sr+2]. The second-order valence-corrected chi connectivity index (χ2v) is 0.476. The third-order valence-electron chi connectivity index (χ3n) is 0. The predicted molar refractivity (Wildman–Crippen MR) is 33.5 cm³/mol. The maximum Gasteiger partial charge on any atom is 2.00 e. The van der Waals surface area contributed by atoms with E-state index in [9.17, 15) is 0 Å². The Morgan fingerprint density at radius 3 is 1.00 bits per heavy atom. The van der Waals surface area contributed by atoms with Crippen molar-refractivity contribution in [2.75, 3.05) is 0 Å². The molecule has 10 heteroatoms. The molecule has 56 valence electrons. The minimum Gasteiger partial charge on any atom is -1.00 e. The van der Waals surface area contributed by atoms with Crippen LogP contribution in [0.4, 0.5) is 0 Å². The molecule has 0 heterocycles. The van der Waals surface area contributed by atoms with Gasteiger partial charge in [0.05, 0.1) is 0 Å². The van der Waals surface area contributed by atoms with Crippen molar-refractivity contribution in [2.45, 2.75) is 0 Å². The first-order valence-electron chi connectivity index (χ1n) is 1.13. The van der Waals surface area contributed by atoms with Gasteiger partial charge in [-0.1, -0.05) is 0 Å². The Labute approximate surface area is 135 Å². The van der Waals surface area contributed by atoms with Gasteiger partial charge in [0.15, 0.2) is 0 Å². The fraction of sp³-hybridized carbons (Fsp3) is 0. The second-order valence-electron chi connectivity index (χ2n) is 0.476. The van der Waals surface area contributed by atoms with E-state index in [4.69, 9.17) is 30.6 Å². The van der Waals surface area contributed by atoms with Gasteiger partial charge in [0.1, 0.15) is 0 Å². The molecule has 0 fully saturated rings. The van der Waals surface area contributed by atoms with Gasteiger partial charge in [0, 0.05) is 0 Å². The van der Waals surface area contributed by atoms with Crippen LogP contribution in [0.2, 0.25) is 0 Å². The van der Waals surface area contributed by atoms with Crippen LogP contribution in [-0.4, -0.2) is 112 Å². The number of rotatable bonds is 0. The molecule has 0 atom stereocenters. The van der Waals surface area contributed by atoms with Crippen molar-refractivity contribution < 1.29 is 26.3 Å². The van der Waals surface area contributed by atoms with Gasteiger partial charge in [-0.05, 0) is 0 Å². The molecule has 0 amide bonds. The summed E-state index contributed by atoms with van der Waals surface area (Å²) in [5.74, 6) is 0. The summed E-state index contributed by atoms with van der Waals surface area (Å²) in [6.07, 6.45) is 0. The van der Waals surface area contributed by atoms with Crippen molar-refractivity contribution in [1.29, 1.82) is 0 Å². The average molecular weight is 305 g/mol. The zero-order valence-electron chi connectivity index (χ0n) is 8.84. The summed E-state index contributed by atoms with van der Waals surface area (Å²) in [6.45, 7) is 0. The van der Waals surface area contributed by atoms with Gasteiger partial charge in [-0.2, -0.15) is 0 Å². The van der Waals surface area contributed by atoms with E-state index in [0.717, 1.165) is 0 Å². The summed E-state index contributed by atoms with van der Waals surface area (Å²) >= 11 is 0. The molecule has 2 N–H and O–H groups in total. The molecule has 0 aliphatic rings. The Morgan fingerprint density at radius 2 is 1.00 bits per heavy atom. The van der Waals surface area contributed by atoms with E-state index >= 15 is 0 Å². The van der Waals surface area contributed by atoms with Gasteiger partial charge in [-0.3, -0.25) is 0 Å². The Bertz CT molecular complexity index is 83.8. The van der Waals surface area contributed by atoms with Crippen molar-refractivity contribution in [3.05, 3.63) is 20.2 Å². The van der Waals surface area contributed by atoms with Gasteiger partial charge >= 0.3 is 91.0 Å². The van der Waals surface area contributed by atoms with Crippen LogP contribution in [0.25, 0.3) is 0 Å². The molecule has 0 unspecified atom stereocenters. The van der Waals surface area contributed by atoms with Gasteiger partial charge in [0.25, 0.3) is 10.2 Å². The molecule has 0 saturated carbocycles. The van der Waals surface area contributed by atoms with Gasteiger partial charge in [-0.25, -0.2) is 0 Å². The van der Waals surface area contributed by atoms with E-state index in [1.807, 2.05) is 0 Å². The zero-order valence-corrected chi connectivity index (χ0v) is 11.8. The number of nitrogens with zero attached hydrogens (tertiary/aromatic N) is 2. The summed E-state index contributed by atoms with van der Waals surface area (Å²) in [5, 5.41) is 27.3. The molecular formula is H6N2O6Sr2. The molecule has 0 saturated heterocycles. The van der Waals surface area contributed by atoms with Crippen LogP contribution in [0.5, 0.6) is 0 Å². The minimum atomic E-state index is -1.50. The molecule has 0 radical (unpaired) electrons. The molecule has 8 nitrogen and oxygen atoms in total. The molecule has 10 heavy (non-hydrogen) atoms. The topological polar surface area (TPSA) is 127 Å². The average Bonchev–Trinajstić information content (AvgIpc) is 1.25. The van der Waals surface area contributed by atoms with E-state index in [-0.39, 0.29) is 96.7 Å². The van der Waals surface area contributed by atoms with Crippen LogP contribution < -0.4 is 0 Å². The number of hydrogen-bond acceptors (Lipinski definition) is 4. The normalized spacial score (nSPS) is 4.80. The molecule has 0 rings (SSSR count). The molecule has 0 aliphatic carbocycles. The van der Waals surface area contributed by atoms with E-state index in [2.05, 4.69) is 0 Å². The van der Waals surface area contributed by atoms with Crippen molar-refractivity contribution in [3.8, 4) is 0 Å². The number of hydrogen-bond donors (Lipinski definition) is 2.